The van der Waals surface area contributed by atoms with Gasteiger partial charge in [0.2, 0.25) is 0 Å². The molecular formula is C18H18ClNaO5. The zero-order chi connectivity index (χ0) is 17.5. The van der Waals surface area contributed by atoms with Crippen molar-refractivity contribution in [3.8, 4) is 11.5 Å². The zero-order valence-electron chi connectivity index (χ0n) is 14.2. The fourth-order valence-corrected chi connectivity index (χ4v) is 2.43. The summed E-state index contributed by atoms with van der Waals surface area (Å²) in [6.45, 7) is 0.323. The van der Waals surface area contributed by atoms with Crippen LogP contribution in [0.15, 0.2) is 42.5 Å². The van der Waals surface area contributed by atoms with E-state index in [0.29, 0.717) is 28.7 Å². The van der Waals surface area contributed by atoms with E-state index in [1.807, 2.05) is 18.2 Å². The number of carboxylic acid groups (broad SMARTS) is 1. The molecular weight excluding hydrogens is 355 g/mol. The van der Waals surface area contributed by atoms with Crippen LogP contribution in [0.3, 0.4) is 0 Å². The molecule has 0 aliphatic rings. The number of ether oxygens (including phenoxy) is 2. The Balaban J connectivity index is 0.00000312. The quantitative estimate of drug-likeness (QED) is 0.632. The molecule has 0 heterocycles. The molecule has 1 unspecified atom stereocenters. The molecule has 0 aliphatic heterocycles. The van der Waals surface area contributed by atoms with E-state index in [1.165, 1.54) is 7.11 Å². The number of aliphatic hydroxyl groups is 1. The van der Waals surface area contributed by atoms with Crippen molar-refractivity contribution in [1.82, 2.24) is 0 Å². The Kier molecular flexibility index (Phi) is 9.32. The van der Waals surface area contributed by atoms with Crippen molar-refractivity contribution >= 4 is 17.6 Å². The number of carbonyl (C=O) groups is 1. The van der Waals surface area contributed by atoms with Crippen LogP contribution in [0.5, 0.6) is 11.5 Å². The monoisotopic (exact) mass is 372 g/mol. The molecule has 0 aliphatic carbocycles. The number of carbonyl (C=O) groups excluding carboxylic acids is 1. The predicted octanol–water partition coefficient (Wildman–Crippen LogP) is -0.505. The summed E-state index contributed by atoms with van der Waals surface area (Å²) < 4.78 is 11.0. The molecule has 2 aromatic carbocycles. The molecule has 0 bridgehead atoms. The van der Waals surface area contributed by atoms with E-state index >= 15 is 0 Å². The van der Waals surface area contributed by atoms with Gasteiger partial charge in [0.1, 0.15) is 6.61 Å². The van der Waals surface area contributed by atoms with E-state index in [1.54, 1.807) is 24.3 Å². The largest absolute Gasteiger partial charge is 1.00 e. The van der Waals surface area contributed by atoms with E-state index in [-0.39, 0.29) is 42.4 Å². The van der Waals surface area contributed by atoms with Crippen molar-refractivity contribution < 1.29 is 54.0 Å². The maximum atomic E-state index is 10.5. The van der Waals surface area contributed by atoms with Crippen molar-refractivity contribution in [2.24, 2.45) is 0 Å². The Morgan fingerprint density at radius 1 is 1.24 bits per heavy atom. The Hall–Kier alpha value is -1.24. The number of benzene rings is 2. The first-order chi connectivity index (χ1) is 11.5. The standard InChI is InChI=1S/C18H19ClO5.Na/c1-23-17-10-13(15(20)6-8-18(21)22)5-7-16(17)24-11-12-3-2-4-14(19)9-12;/h2-5,7,9-10,15,20H,6,8,11H2,1H3,(H,21,22);/q;+1/p-1. The second-order valence-electron chi connectivity index (χ2n) is 5.26. The Bertz CT molecular complexity index is 708. The summed E-state index contributed by atoms with van der Waals surface area (Å²) in [6, 6.07) is 12.3. The van der Waals surface area contributed by atoms with Crippen molar-refractivity contribution in [2.45, 2.75) is 25.6 Å². The molecule has 5 nitrogen and oxygen atoms in total. The molecule has 0 saturated heterocycles. The molecule has 128 valence electrons. The first kappa shape index (κ1) is 21.8. The van der Waals surface area contributed by atoms with E-state index in [9.17, 15) is 15.0 Å². The SMILES string of the molecule is COc1cc(C(O)CCC(=O)[O-])ccc1OCc1cccc(Cl)c1.[Na+]. The van der Waals surface area contributed by atoms with Gasteiger partial charge in [-0.3, -0.25) is 0 Å². The topological polar surface area (TPSA) is 78.8 Å². The summed E-state index contributed by atoms with van der Waals surface area (Å²) in [5, 5.41) is 21.1. The van der Waals surface area contributed by atoms with Crippen LogP contribution in [-0.2, 0) is 11.4 Å². The number of halogens is 1. The molecule has 0 aromatic heterocycles. The van der Waals surface area contributed by atoms with E-state index < -0.39 is 12.1 Å². The van der Waals surface area contributed by atoms with Crippen LogP contribution in [0.2, 0.25) is 5.02 Å². The average Bonchev–Trinajstić information content (AvgIpc) is 2.57. The van der Waals surface area contributed by atoms with Crippen LogP contribution in [-0.4, -0.2) is 18.2 Å². The van der Waals surface area contributed by atoms with Crippen LogP contribution in [0.1, 0.15) is 30.1 Å². The normalized spacial score (nSPS) is 11.3. The zero-order valence-corrected chi connectivity index (χ0v) is 17.0. The number of hydrogen-bond donors (Lipinski definition) is 1. The third-order valence-electron chi connectivity index (χ3n) is 3.48. The Morgan fingerprint density at radius 3 is 2.64 bits per heavy atom. The minimum atomic E-state index is -1.19. The minimum absolute atomic E-state index is 0. The molecule has 0 saturated carbocycles. The van der Waals surface area contributed by atoms with Gasteiger partial charge in [-0.1, -0.05) is 29.8 Å². The van der Waals surface area contributed by atoms with Crippen molar-refractivity contribution in [2.75, 3.05) is 7.11 Å². The van der Waals surface area contributed by atoms with Crippen molar-refractivity contribution in [3.63, 3.8) is 0 Å². The smallest absolute Gasteiger partial charge is 0.550 e. The number of carboxylic acids is 1. The van der Waals surface area contributed by atoms with E-state index in [2.05, 4.69) is 0 Å². The number of aliphatic hydroxyl groups excluding tert-OH is 1. The summed E-state index contributed by atoms with van der Waals surface area (Å²) in [5.41, 5.74) is 1.48. The number of rotatable bonds is 8. The summed E-state index contributed by atoms with van der Waals surface area (Å²) in [4.78, 5) is 10.5. The third-order valence-corrected chi connectivity index (χ3v) is 3.71. The van der Waals surface area contributed by atoms with Gasteiger partial charge in [-0.05, 0) is 48.2 Å². The maximum Gasteiger partial charge on any atom is 1.00 e. The summed E-state index contributed by atoms with van der Waals surface area (Å²) in [6.07, 6.45) is -1.04. The van der Waals surface area contributed by atoms with Gasteiger partial charge in [0.05, 0.1) is 13.2 Å². The molecule has 0 radical (unpaired) electrons. The molecule has 1 N–H and O–H groups in total. The second-order valence-corrected chi connectivity index (χ2v) is 5.69. The molecule has 2 rings (SSSR count). The van der Waals surface area contributed by atoms with Gasteiger partial charge in [0, 0.05) is 11.0 Å². The van der Waals surface area contributed by atoms with Gasteiger partial charge in [0.25, 0.3) is 0 Å². The molecule has 0 fully saturated rings. The molecule has 25 heavy (non-hydrogen) atoms. The number of hydrogen-bond acceptors (Lipinski definition) is 5. The van der Waals surface area contributed by atoms with E-state index in [4.69, 9.17) is 21.1 Å². The molecule has 0 amide bonds. The Labute approximate surface area is 173 Å². The fraction of sp³-hybridized carbons (Fsp3) is 0.278. The summed E-state index contributed by atoms with van der Waals surface area (Å²) in [5.74, 6) is -0.210. The maximum absolute atomic E-state index is 10.5. The van der Waals surface area contributed by atoms with Gasteiger partial charge >= 0.3 is 29.6 Å². The summed E-state index contributed by atoms with van der Waals surface area (Å²) in [7, 11) is 1.50. The van der Waals surface area contributed by atoms with Gasteiger partial charge in [-0.15, -0.1) is 0 Å². The average molecular weight is 373 g/mol. The first-order valence-electron chi connectivity index (χ1n) is 7.42. The second kappa shape index (κ2) is 10.7. The van der Waals surface area contributed by atoms with Crippen molar-refractivity contribution in [3.05, 3.63) is 58.6 Å². The first-order valence-corrected chi connectivity index (χ1v) is 7.80. The van der Waals surface area contributed by atoms with Crippen LogP contribution < -0.4 is 44.1 Å². The minimum Gasteiger partial charge on any atom is -0.550 e. The third kappa shape index (κ3) is 6.88. The number of methoxy groups -OCH3 is 1. The fourth-order valence-electron chi connectivity index (χ4n) is 2.22. The predicted molar refractivity (Wildman–Crippen MR) is 88.0 cm³/mol. The van der Waals surface area contributed by atoms with Crippen LogP contribution >= 0.6 is 11.6 Å². The molecule has 1 atom stereocenters. The van der Waals surface area contributed by atoms with Gasteiger partial charge < -0.3 is 24.5 Å². The van der Waals surface area contributed by atoms with Gasteiger partial charge in [-0.2, -0.15) is 0 Å². The number of aliphatic carboxylic acids is 1. The van der Waals surface area contributed by atoms with Crippen LogP contribution in [0.4, 0.5) is 0 Å². The van der Waals surface area contributed by atoms with E-state index in [0.717, 1.165) is 5.56 Å². The van der Waals surface area contributed by atoms with Gasteiger partial charge in [-0.25, -0.2) is 0 Å². The molecule has 7 heteroatoms. The van der Waals surface area contributed by atoms with Crippen molar-refractivity contribution in [1.29, 1.82) is 0 Å². The Morgan fingerprint density at radius 2 is 2.00 bits per heavy atom. The molecule has 0 spiro atoms. The van der Waals surface area contributed by atoms with Gasteiger partial charge in [0.15, 0.2) is 11.5 Å². The van der Waals surface area contributed by atoms with Crippen LogP contribution in [0.25, 0.3) is 0 Å². The summed E-state index contributed by atoms with van der Waals surface area (Å²) >= 11 is 5.94. The van der Waals surface area contributed by atoms with Crippen LogP contribution in [0, 0.1) is 0 Å². The molecule has 2 aromatic rings.